The summed E-state index contributed by atoms with van der Waals surface area (Å²) in [6.45, 7) is 6.35. The first-order chi connectivity index (χ1) is 11.6. The Hall–Kier alpha value is -1.68. The number of rotatable bonds is 5. The number of nitrogens with one attached hydrogen (secondary N) is 1. The van der Waals surface area contributed by atoms with Crippen molar-refractivity contribution in [2.45, 2.75) is 32.0 Å². The van der Waals surface area contributed by atoms with Crippen LogP contribution in [0.3, 0.4) is 0 Å². The van der Waals surface area contributed by atoms with Gasteiger partial charge in [0, 0.05) is 19.5 Å². The molecule has 1 aliphatic rings. The molecule has 2 aromatic rings. The molecule has 2 unspecified atom stereocenters. The van der Waals surface area contributed by atoms with Crippen LogP contribution in [0.4, 0.5) is 0 Å². The highest BCUT2D eigenvalue weighted by Gasteiger charge is 2.41. The van der Waals surface area contributed by atoms with E-state index >= 15 is 0 Å². The Morgan fingerprint density at radius 3 is 2.50 bits per heavy atom. The number of ether oxygens (including phenoxy) is 1. The van der Waals surface area contributed by atoms with E-state index in [9.17, 15) is 5.11 Å². The maximum Gasteiger partial charge on any atom is 0.0992 e. The van der Waals surface area contributed by atoms with Gasteiger partial charge in [0.15, 0.2) is 0 Å². The fourth-order valence-corrected chi connectivity index (χ4v) is 3.46. The second-order valence-electron chi connectivity index (χ2n) is 6.91. The van der Waals surface area contributed by atoms with E-state index in [4.69, 9.17) is 4.74 Å². The monoisotopic (exact) mass is 325 g/mol. The minimum Gasteiger partial charge on any atom is -0.387 e. The molecule has 1 heterocycles. The third-order valence-corrected chi connectivity index (χ3v) is 5.06. The SMILES string of the molecule is CC(C)C(O)(Cc1ccccc1-c1ccccc1)C1CNCCO1. The van der Waals surface area contributed by atoms with Gasteiger partial charge in [0.25, 0.3) is 0 Å². The van der Waals surface area contributed by atoms with Crippen molar-refractivity contribution < 1.29 is 9.84 Å². The molecular weight excluding hydrogens is 298 g/mol. The van der Waals surface area contributed by atoms with E-state index < -0.39 is 5.60 Å². The standard InChI is InChI=1S/C21H27NO2/c1-16(2)21(23,20-15-22-12-13-24-20)14-18-10-6-7-11-19(18)17-8-4-3-5-9-17/h3-11,16,20,22-23H,12-15H2,1-2H3. The zero-order valence-corrected chi connectivity index (χ0v) is 14.5. The summed E-state index contributed by atoms with van der Waals surface area (Å²) in [6, 6.07) is 18.7. The summed E-state index contributed by atoms with van der Waals surface area (Å²) in [7, 11) is 0. The van der Waals surface area contributed by atoms with E-state index in [1.54, 1.807) is 0 Å². The van der Waals surface area contributed by atoms with Gasteiger partial charge in [-0.25, -0.2) is 0 Å². The lowest BCUT2D eigenvalue weighted by Gasteiger charge is -2.42. The van der Waals surface area contributed by atoms with Crippen molar-refractivity contribution in [3.8, 4) is 11.1 Å². The van der Waals surface area contributed by atoms with Crippen LogP contribution in [-0.4, -0.2) is 36.5 Å². The molecule has 24 heavy (non-hydrogen) atoms. The predicted molar refractivity (Wildman–Crippen MR) is 98.0 cm³/mol. The van der Waals surface area contributed by atoms with Gasteiger partial charge < -0.3 is 15.2 Å². The van der Waals surface area contributed by atoms with Gasteiger partial charge >= 0.3 is 0 Å². The number of benzene rings is 2. The van der Waals surface area contributed by atoms with Crippen LogP contribution in [0.2, 0.25) is 0 Å². The van der Waals surface area contributed by atoms with Crippen LogP contribution in [0, 0.1) is 5.92 Å². The molecule has 3 rings (SSSR count). The Bertz CT molecular complexity index is 650. The third kappa shape index (κ3) is 3.54. The highest BCUT2D eigenvalue weighted by molar-refractivity contribution is 5.67. The molecule has 1 aliphatic heterocycles. The van der Waals surface area contributed by atoms with Crippen molar-refractivity contribution in [1.82, 2.24) is 5.32 Å². The van der Waals surface area contributed by atoms with E-state index in [1.807, 2.05) is 12.1 Å². The molecule has 2 aromatic carbocycles. The topological polar surface area (TPSA) is 41.5 Å². The molecule has 0 bridgehead atoms. The average Bonchev–Trinajstić information content (AvgIpc) is 2.63. The van der Waals surface area contributed by atoms with Gasteiger partial charge in [-0.3, -0.25) is 0 Å². The molecule has 1 saturated heterocycles. The van der Waals surface area contributed by atoms with Crippen molar-refractivity contribution in [2.24, 2.45) is 5.92 Å². The number of hydrogen-bond donors (Lipinski definition) is 2. The molecule has 0 aliphatic carbocycles. The normalized spacial score (nSPS) is 20.8. The minimum absolute atomic E-state index is 0.103. The summed E-state index contributed by atoms with van der Waals surface area (Å²) in [4.78, 5) is 0. The zero-order chi connectivity index (χ0) is 17.0. The molecule has 128 valence electrons. The molecule has 0 amide bonds. The zero-order valence-electron chi connectivity index (χ0n) is 14.5. The van der Waals surface area contributed by atoms with Crippen molar-refractivity contribution in [3.05, 3.63) is 60.2 Å². The second-order valence-corrected chi connectivity index (χ2v) is 6.91. The summed E-state index contributed by atoms with van der Waals surface area (Å²) < 4.78 is 5.91. The minimum atomic E-state index is -0.891. The van der Waals surface area contributed by atoms with Gasteiger partial charge in [0.05, 0.1) is 18.3 Å². The number of hydrogen-bond acceptors (Lipinski definition) is 3. The lowest BCUT2D eigenvalue weighted by molar-refractivity contribution is -0.141. The van der Waals surface area contributed by atoms with Gasteiger partial charge in [-0.05, 0) is 22.6 Å². The van der Waals surface area contributed by atoms with E-state index in [-0.39, 0.29) is 12.0 Å². The summed E-state index contributed by atoms with van der Waals surface area (Å²) in [5.41, 5.74) is 2.63. The molecule has 2 N–H and O–H groups in total. The first-order valence-electron chi connectivity index (χ1n) is 8.79. The summed E-state index contributed by atoms with van der Waals surface area (Å²) in [5, 5.41) is 14.8. The van der Waals surface area contributed by atoms with Gasteiger partial charge in [0.1, 0.15) is 0 Å². The Morgan fingerprint density at radius 2 is 1.83 bits per heavy atom. The maximum absolute atomic E-state index is 11.5. The van der Waals surface area contributed by atoms with Gasteiger partial charge in [0.2, 0.25) is 0 Å². The van der Waals surface area contributed by atoms with E-state index in [0.29, 0.717) is 19.6 Å². The van der Waals surface area contributed by atoms with Crippen LogP contribution in [0.25, 0.3) is 11.1 Å². The first-order valence-corrected chi connectivity index (χ1v) is 8.79. The highest BCUT2D eigenvalue weighted by Crippen LogP contribution is 2.33. The number of morpholine rings is 1. The summed E-state index contributed by atoms with van der Waals surface area (Å²) in [6.07, 6.45) is 0.400. The Labute approximate surface area is 144 Å². The molecule has 3 heteroatoms. The fourth-order valence-electron chi connectivity index (χ4n) is 3.46. The quantitative estimate of drug-likeness (QED) is 0.886. The smallest absolute Gasteiger partial charge is 0.0992 e. The number of aliphatic hydroxyl groups is 1. The molecule has 1 fully saturated rings. The first kappa shape index (κ1) is 17.2. The average molecular weight is 325 g/mol. The second kappa shape index (κ2) is 7.47. The van der Waals surface area contributed by atoms with E-state index in [2.05, 4.69) is 61.6 Å². The third-order valence-electron chi connectivity index (χ3n) is 5.06. The van der Waals surface area contributed by atoms with E-state index in [0.717, 1.165) is 12.1 Å². The lowest BCUT2D eigenvalue weighted by Crippen LogP contribution is -2.57. The summed E-state index contributed by atoms with van der Waals surface area (Å²) >= 11 is 0. The van der Waals surface area contributed by atoms with Crippen LogP contribution in [0.15, 0.2) is 54.6 Å². The lowest BCUT2D eigenvalue weighted by atomic mass is 9.78. The van der Waals surface area contributed by atoms with E-state index in [1.165, 1.54) is 11.1 Å². The Kier molecular flexibility index (Phi) is 5.34. The van der Waals surface area contributed by atoms with Gasteiger partial charge in [-0.15, -0.1) is 0 Å². The maximum atomic E-state index is 11.5. The van der Waals surface area contributed by atoms with Crippen LogP contribution in [0.5, 0.6) is 0 Å². The molecule has 2 atom stereocenters. The highest BCUT2D eigenvalue weighted by atomic mass is 16.5. The largest absolute Gasteiger partial charge is 0.387 e. The molecule has 3 nitrogen and oxygen atoms in total. The summed E-state index contributed by atoms with van der Waals surface area (Å²) in [5.74, 6) is 0.103. The molecule has 0 saturated carbocycles. The van der Waals surface area contributed by atoms with Crippen LogP contribution in [0.1, 0.15) is 19.4 Å². The van der Waals surface area contributed by atoms with Crippen molar-refractivity contribution in [3.63, 3.8) is 0 Å². The molecule has 0 spiro atoms. The molecular formula is C21H27NO2. The van der Waals surface area contributed by atoms with Crippen molar-refractivity contribution in [1.29, 1.82) is 0 Å². The van der Waals surface area contributed by atoms with Crippen LogP contribution < -0.4 is 5.32 Å². The Morgan fingerprint density at radius 1 is 1.12 bits per heavy atom. The van der Waals surface area contributed by atoms with Gasteiger partial charge in [-0.2, -0.15) is 0 Å². The Balaban J connectivity index is 1.93. The predicted octanol–water partition coefficient (Wildman–Crippen LogP) is 3.27. The molecule has 0 radical (unpaired) electrons. The van der Waals surface area contributed by atoms with Crippen LogP contribution in [-0.2, 0) is 11.2 Å². The fraction of sp³-hybridized carbons (Fsp3) is 0.429. The van der Waals surface area contributed by atoms with Crippen molar-refractivity contribution >= 4 is 0 Å². The van der Waals surface area contributed by atoms with Crippen LogP contribution >= 0.6 is 0 Å². The molecule has 0 aromatic heterocycles. The van der Waals surface area contributed by atoms with Gasteiger partial charge in [-0.1, -0.05) is 68.4 Å². The van der Waals surface area contributed by atoms with Crippen molar-refractivity contribution in [2.75, 3.05) is 19.7 Å².